The molecule has 2 aromatic heterocycles. The Hall–Kier alpha value is -2.28. The van der Waals surface area contributed by atoms with E-state index in [0.29, 0.717) is 18.1 Å². The molecular formula is C19H22N4O2S. The summed E-state index contributed by atoms with van der Waals surface area (Å²) in [6.07, 6.45) is 7.18. The highest BCUT2D eigenvalue weighted by Crippen LogP contribution is 2.26. The van der Waals surface area contributed by atoms with E-state index in [2.05, 4.69) is 14.9 Å². The number of rotatable bonds is 4. The van der Waals surface area contributed by atoms with Crippen molar-refractivity contribution in [3.63, 3.8) is 0 Å². The number of piperidine rings is 1. The minimum Gasteiger partial charge on any atom is -0.355 e. The van der Waals surface area contributed by atoms with Crippen molar-refractivity contribution < 1.29 is 9.59 Å². The molecule has 4 heterocycles. The summed E-state index contributed by atoms with van der Waals surface area (Å²) in [5.41, 5.74) is 0.399. The molecule has 0 bridgehead atoms. The lowest BCUT2D eigenvalue weighted by molar-refractivity contribution is 0.0786. The van der Waals surface area contributed by atoms with Gasteiger partial charge in [-0.1, -0.05) is 6.07 Å². The average molecular weight is 370 g/mol. The summed E-state index contributed by atoms with van der Waals surface area (Å²) in [6.45, 7) is 3.06. The summed E-state index contributed by atoms with van der Waals surface area (Å²) in [7, 11) is 0. The van der Waals surface area contributed by atoms with Crippen LogP contribution in [0.2, 0.25) is 0 Å². The van der Waals surface area contributed by atoms with Gasteiger partial charge in [-0.25, -0.2) is 4.98 Å². The van der Waals surface area contributed by atoms with Crippen LogP contribution in [0.15, 0.2) is 29.9 Å². The third-order valence-electron chi connectivity index (χ3n) is 5.11. The van der Waals surface area contributed by atoms with Crippen LogP contribution >= 0.6 is 11.3 Å². The van der Waals surface area contributed by atoms with Gasteiger partial charge in [0.05, 0.1) is 17.3 Å². The zero-order valence-electron chi connectivity index (χ0n) is 14.6. The molecule has 2 aromatic rings. The predicted octanol–water partition coefficient (Wildman–Crippen LogP) is 2.87. The molecule has 2 saturated heterocycles. The molecule has 0 radical (unpaired) electrons. The molecule has 0 aromatic carbocycles. The lowest BCUT2D eigenvalue weighted by atomic mass is 9.93. The summed E-state index contributed by atoms with van der Waals surface area (Å²) in [5.74, 6) is 0.836. The molecule has 1 amide bonds. The van der Waals surface area contributed by atoms with Gasteiger partial charge in [0.15, 0.2) is 5.78 Å². The first-order chi connectivity index (χ1) is 12.7. The first-order valence-corrected chi connectivity index (χ1v) is 10.0. The van der Waals surface area contributed by atoms with Gasteiger partial charge in [-0.2, -0.15) is 0 Å². The zero-order chi connectivity index (χ0) is 17.9. The fourth-order valence-corrected chi connectivity index (χ4v) is 4.46. The molecule has 2 aliphatic heterocycles. The number of carbonyl (C=O) groups is 2. The maximum Gasteiger partial charge on any atom is 0.274 e. The largest absolute Gasteiger partial charge is 0.355 e. The molecule has 0 saturated carbocycles. The third kappa shape index (κ3) is 3.49. The Kier molecular flexibility index (Phi) is 4.97. The van der Waals surface area contributed by atoms with Gasteiger partial charge in [0.25, 0.3) is 5.91 Å². The summed E-state index contributed by atoms with van der Waals surface area (Å²) >= 11 is 1.50. The van der Waals surface area contributed by atoms with E-state index in [1.807, 2.05) is 22.4 Å². The predicted molar refractivity (Wildman–Crippen MR) is 101 cm³/mol. The lowest BCUT2D eigenvalue weighted by Gasteiger charge is -2.32. The van der Waals surface area contributed by atoms with E-state index in [9.17, 15) is 9.59 Å². The Balaban J connectivity index is 1.49. The van der Waals surface area contributed by atoms with Gasteiger partial charge < -0.3 is 9.80 Å². The SMILES string of the molecule is O=C(c1cccs1)C1CCCN(c2cncc(C(=O)N3CCCC3)n2)C1. The third-order valence-corrected chi connectivity index (χ3v) is 6.00. The van der Waals surface area contributed by atoms with Crippen LogP contribution < -0.4 is 4.90 Å². The van der Waals surface area contributed by atoms with Crippen molar-refractivity contribution in [2.45, 2.75) is 25.7 Å². The highest BCUT2D eigenvalue weighted by atomic mass is 32.1. The second kappa shape index (κ2) is 7.53. The molecule has 1 unspecified atom stereocenters. The van der Waals surface area contributed by atoms with Gasteiger partial charge in [-0.15, -0.1) is 11.3 Å². The van der Waals surface area contributed by atoms with Crippen LogP contribution in [0.3, 0.4) is 0 Å². The Labute approximate surface area is 156 Å². The molecule has 1 atom stereocenters. The summed E-state index contributed by atoms with van der Waals surface area (Å²) in [5, 5.41) is 1.94. The van der Waals surface area contributed by atoms with Gasteiger partial charge >= 0.3 is 0 Å². The van der Waals surface area contributed by atoms with Crippen LogP contribution in [0.1, 0.15) is 45.8 Å². The number of hydrogen-bond donors (Lipinski definition) is 0. The molecule has 2 aliphatic rings. The number of amides is 1. The molecule has 4 rings (SSSR count). The van der Waals surface area contributed by atoms with Crippen LogP contribution in [-0.2, 0) is 0 Å². The quantitative estimate of drug-likeness (QED) is 0.774. The van der Waals surface area contributed by atoms with Gasteiger partial charge in [-0.3, -0.25) is 14.6 Å². The van der Waals surface area contributed by atoms with Crippen molar-refractivity contribution >= 4 is 28.8 Å². The molecule has 0 aliphatic carbocycles. The van der Waals surface area contributed by atoms with Crippen molar-refractivity contribution in [2.75, 3.05) is 31.1 Å². The number of nitrogens with zero attached hydrogens (tertiary/aromatic N) is 4. The van der Waals surface area contributed by atoms with E-state index in [-0.39, 0.29) is 17.6 Å². The minimum absolute atomic E-state index is 0.0258. The van der Waals surface area contributed by atoms with E-state index in [1.54, 1.807) is 12.4 Å². The highest BCUT2D eigenvalue weighted by molar-refractivity contribution is 7.12. The van der Waals surface area contributed by atoms with Crippen LogP contribution in [0.25, 0.3) is 0 Å². The second-order valence-electron chi connectivity index (χ2n) is 6.89. The number of likely N-dealkylation sites (tertiary alicyclic amines) is 1. The molecule has 2 fully saturated rings. The number of aromatic nitrogens is 2. The zero-order valence-corrected chi connectivity index (χ0v) is 15.5. The number of carbonyl (C=O) groups excluding carboxylic acids is 2. The minimum atomic E-state index is -0.0416. The Bertz CT molecular complexity index is 787. The van der Waals surface area contributed by atoms with Gasteiger partial charge in [-0.05, 0) is 37.1 Å². The fourth-order valence-electron chi connectivity index (χ4n) is 3.71. The van der Waals surface area contributed by atoms with E-state index in [0.717, 1.165) is 50.2 Å². The normalized spacial score (nSPS) is 20.4. The second-order valence-corrected chi connectivity index (χ2v) is 7.84. The highest BCUT2D eigenvalue weighted by Gasteiger charge is 2.28. The monoisotopic (exact) mass is 370 g/mol. The molecular weight excluding hydrogens is 348 g/mol. The van der Waals surface area contributed by atoms with Gasteiger partial charge in [0.1, 0.15) is 11.5 Å². The van der Waals surface area contributed by atoms with Crippen LogP contribution in [0, 0.1) is 5.92 Å². The number of Topliss-reactive ketones (excluding diaryl/α,β-unsaturated/α-hetero) is 1. The molecule has 0 N–H and O–H groups in total. The molecule has 0 spiro atoms. The molecule has 26 heavy (non-hydrogen) atoms. The van der Waals surface area contributed by atoms with E-state index in [4.69, 9.17) is 0 Å². The smallest absolute Gasteiger partial charge is 0.274 e. The van der Waals surface area contributed by atoms with Gasteiger partial charge in [0, 0.05) is 32.1 Å². The Morgan fingerprint density at radius 3 is 2.73 bits per heavy atom. The number of hydrogen-bond acceptors (Lipinski definition) is 6. The topological polar surface area (TPSA) is 66.4 Å². The van der Waals surface area contributed by atoms with Crippen molar-refractivity contribution in [2.24, 2.45) is 5.92 Å². The van der Waals surface area contributed by atoms with E-state index >= 15 is 0 Å². The van der Waals surface area contributed by atoms with Crippen molar-refractivity contribution in [3.05, 3.63) is 40.5 Å². The fraction of sp³-hybridized carbons (Fsp3) is 0.474. The lowest BCUT2D eigenvalue weighted by Crippen LogP contribution is -2.39. The van der Waals surface area contributed by atoms with Crippen LogP contribution in [-0.4, -0.2) is 52.7 Å². The number of ketones is 1. The summed E-state index contributed by atoms with van der Waals surface area (Å²) in [4.78, 5) is 38.8. The van der Waals surface area contributed by atoms with E-state index < -0.39 is 0 Å². The van der Waals surface area contributed by atoms with E-state index in [1.165, 1.54) is 11.3 Å². The van der Waals surface area contributed by atoms with Crippen LogP contribution in [0.5, 0.6) is 0 Å². The molecule has 136 valence electrons. The average Bonchev–Trinajstić information content (AvgIpc) is 3.41. The molecule has 7 heteroatoms. The van der Waals surface area contributed by atoms with Crippen molar-refractivity contribution in [1.82, 2.24) is 14.9 Å². The maximum absolute atomic E-state index is 12.7. The summed E-state index contributed by atoms with van der Waals surface area (Å²) in [6, 6.07) is 3.80. The maximum atomic E-state index is 12.7. The van der Waals surface area contributed by atoms with Gasteiger partial charge in [0.2, 0.25) is 0 Å². The summed E-state index contributed by atoms with van der Waals surface area (Å²) < 4.78 is 0. The van der Waals surface area contributed by atoms with Crippen LogP contribution in [0.4, 0.5) is 5.82 Å². The Morgan fingerprint density at radius 1 is 1.12 bits per heavy atom. The van der Waals surface area contributed by atoms with Crippen molar-refractivity contribution in [1.29, 1.82) is 0 Å². The number of anilines is 1. The standard InChI is InChI=1S/C19H22N4O2S/c24-18(16-6-4-10-26-16)14-5-3-9-23(13-14)17-12-20-11-15(21-17)19(25)22-7-1-2-8-22/h4,6,10-12,14H,1-3,5,7-9,13H2. The first kappa shape index (κ1) is 17.1. The molecule has 6 nitrogen and oxygen atoms in total. The first-order valence-electron chi connectivity index (χ1n) is 9.16. The van der Waals surface area contributed by atoms with Crippen molar-refractivity contribution in [3.8, 4) is 0 Å². The Morgan fingerprint density at radius 2 is 1.96 bits per heavy atom. The number of thiophene rings is 1.